The van der Waals surface area contributed by atoms with Crippen LogP contribution in [0.1, 0.15) is 41.8 Å². The second-order valence-electron chi connectivity index (χ2n) is 7.91. The first-order valence-corrected chi connectivity index (χ1v) is 10.00. The van der Waals surface area contributed by atoms with Gasteiger partial charge in [-0.05, 0) is 40.2 Å². The third-order valence-corrected chi connectivity index (χ3v) is 6.01. The fourth-order valence-electron chi connectivity index (χ4n) is 3.76. The molecule has 8 heteroatoms. The number of aryl methyl sites for hydroxylation is 2. The molecule has 3 heterocycles. The Morgan fingerprint density at radius 1 is 1.33 bits per heavy atom. The van der Waals surface area contributed by atoms with E-state index in [4.69, 9.17) is 9.72 Å². The van der Waals surface area contributed by atoms with E-state index in [9.17, 15) is 9.90 Å². The monoisotopic (exact) mass is 392 g/mol. The van der Waals surface area contributed by atoms with Crippen molar-refractivity contribution in [2.24, 2.45) is 0 Å². The third-order valence-electron chi connectivity index (χ3n) is 4.85. The Kier molecular flexibility index (Phi) is 5.42. The molecule has 0 aromatic carbocycles. The lowest BCUT2D eigenvalue weighted by atomic mass is 10.1. The Hall–Kier alpha value is -1.77. The van der Waals surface area contributed by atoms with Crippen LogP contribution in [0.25, 0.3) is 10.2 Å². The quantitative estimate of drug-likeness (QED) is 0.800. The number of rotatable bonds is 4. The molecule has 0 spiro atoms. The standard InChI is InChI=1S/C19H28N4O3S/c1-11-9-22(10-19(4,5)25)7-8-23(11)16-14-12(2)15(18(24)26-6)27-17(14)21-13(3)20-16/h11,25H,7-10H2,1-6H3. The molecule has 1 saturated heterocycles. The lowest BCUT2D eigenvalue weighted by Gasteiger charge is -2.42. The largest absolute Gasteiger partial charge is 0.465 e. The molecule has 0 bridgehead atoms. The fourth-order valence-corrected chi connectivity index (χ4v) is 4.89. The zero-order valence-corrected chi connectivity index (χ0v) is 17.7. The lowest BCUT2D eigenvalue weighted by molar-refractivity contribution is 0.0307. The Morgan fingerprint density at radius 2 is 2.04 bits per heavy atom. The average Bonchev–Trinajstić information content (AvgIpc) is 2.89. The summed E-state index contributed by atoms with van der Waals surface area (Å²) in [6, 6.07) is 0.236. The molecule has 0 radical (unpaired) electrons. The highest BCUT2D eigenvalue weighted by Crippen LogP contribution is 2.37. The Labute approximate surface area is 164 Å². The molecule has 0 saturated carbocycles. The van der Waals surface area contributed by atoms with Crippen LogP contribution in [0, 0.1) is 13.8 Å². The second-order valence-corrected chi connectivity index (χ2v) is 8.91. The summed E-state index contributed by atoms with van der Waals surface area (Å²) in [5, 5.41) is 11.1. The number of aromatic nitrogens is 2. The molecule has 1 fully saturated rings. The summed E-state index contributed by atoms with van der Waals surface area (Å²) >= 11 is 1.36. The summed E-state index contributed by atoms with van der Waals surface area (Å²) in [6.45, 7) is 12.8. The average molecular weight is 393 g/mol. The van der Waals surface area contributed by atoms with Gasteiger partial charge in [-0.3, -0.25) is 4.90 Å². The molecule has 2 aromatic rings. The van der Waals surface area contributed by atoms with Gasteiger partial charge in [-0.2, -0.15) is 0 Å². The summed E-state index contributed by atoms with van der Waals surface area (Å²) in [4.78, 5) is 27.4. The fraction of sp³-hybridized carbons (Fsp3) is 0.632. The van der Waals surface area contributed by atoms with Crippen molar-refractivity contribution in [1.82, 2.24) is 14.9 Å². The molecular weight excluding hydrogens is 364 g/mol. The highest BCUT2D eigenvalue weighted by molar-refractivity contribution is 7.20. The number of methoxy groups -OCH3 is 1. The first kappa shape index (κ1) is 20.0. The number of β-amino-alcohol motifs (C(OH)–C–C–N with tert-alkyl or cyclic N) is 1. The topological polar surface area (TPSA) is 78.8 Å². The maximum Gasteiger partial charge on any atom is 0.348 e. The number of fused-ring (bicyclic) bond motifs is 1. The van der Waals surface area contributed by atoms with Crippen LogP contribution in [0.3, 0.4) is 0 Å². The van der Waals surface area contributed by atoms with E-state index in [1.165, 1.54) is 18.4 Å². The second kappa shape index (κ2) is 7.33. The predicted molar refractivity (Wildman–Crippen MR) is 108 cm³/mol. The maximum absolute atomic E-state index is 12.1. The Bertz CT molecular complexity index is 859. The number of esters is 1. The van der Waals surface area contributed by atoms with Gasteiger partial charge in [-0.1, -0.05) is 0 Å². The van der Waals surface area contributed by atoms with Gasteiger partial charge >= 0.3 is 5.97 Å². The van der Waals surface area contributed by atoms with Gasteiger partial charge in [0.05, 0.1) is 18.1 Å². The van der Waals surface area contributed by atoms with Crippen molar-refractivity contribution in [2.45, 2.75) is 46.3 Å². The molecule has 7 nitrogen and oxygen atoms in total. The molecule has 3 rings (SSSR count). The first-order chi connectivity index (χ1) is 12.6. The summed E-state index contributed by atoms with van der Waals surface area (Å²) in [5.74, 6) is 1.25. The predicted octanol–water partition coefficient (Wildman–Crippen LogP) is 2.38. The van der Waals surface area contributed by atoms with Gasteiger partial charge in [-0.15, -0.1) is 11.3 Å². The van der Waals surface area contributed by atoms with Crippen molar-refractivity contribution in [3.63, 3.8) is 0 Å². The lowest BCUT2D eigenvalue weighted by Crippen LogP contribution is -2.55. The van der Waals surface area contributed by atoms with Gasteiger partial charge in [0, 0.05) is 32.2 Å². The molecule has 148 valence electrons. The van der Waals surface area contributed by atoms with E-state index in [0.29, 0.717) is 17.2 Å². The van der Waals surface area contributed by atoms with Gasteiger partial charge in [0.25, 0.3) is 0 Å². The van der Waals surface area contributed by atoms with Crippen molar-refractivity contribution < 1.29 is 14.6 Å². The minimum atomic E-state index is -0.708. The number of carbonyl (C=O) groups excluding carboxylic acids is 1. The van der Waals surface area contributed by atoms with E-state index < -0.39 is 5.60 Å². The van der Waals surface area contributed by atoms with E-state index in [2.05, 4.69) is 21.7 Å². The van der Waals surface area contributed by atoms with Crippen LogP contribution in [-0.4, -0.2) is 70.9 Å². The number of hydrogen-bond donors (Lipinski definition) is 1. The summed E-state index contributed by atoms with van der Waals surface area (Å²) < 4.78 is 4.92. The maximum atomic E-state index is 12.1. The normalized spacial score (nSPS) is 18.9. The molecule has 1 aliphatic heterocycles. The first-order valence-electron chi connectivity index (χ1n) is 9.18. The smallest absolute Gasteiger partial charge is 0.348 e. The number of thiophene rings is 1. The van der Waals surface area contributed by atoms with Crippen LogP contribution < -0.4 is 4.90 Å². The van der Waals surface area contributed by atoms with E-state index >= 15 is 0 Å². The third kappa shape index (κ3) is 4.07. The molecule has 2 aromatic heterocycles. The van der Waals surface area contributed by atoms with Crippen molar-refractivity contribution in [2.75, 3.05) is 38.2 Å². The van der Waals surface area contributed by atoms with Gasteiger partial charge in [0.15, 0.2) is 0 Å². The molecular formula is C19H28N4O3S. The van der Waals surface area contributed by atoms with E-state index in [1.54, 1.807) is 0 Å². The molecule has 0 aliphatic carbocycles. The Balaban J connectivity index is 1.97. The highest BCUT2D eigenvalue weighted by atomic mass is 32.1. The van der Waals surface area contributed by atoms with Crippen molar-refractivity contribution >= 4 is 33.3 Å². The van der Waals surface area contributed by atoms with Crippen molar-refractivity contribution in [1.29, 1.82) is 0 Å². The number of nitrogens with zero attached hydrogens (tertiary/aromatic N) is 4. The van der Waals surface area contributed by atoms with Crippen molar-refractivity contribution in [3.8, 4) is 0 Å². The number of piperazine rings is 1. The van der Waals surface area contributed by atoms with E-state index in [1.807, 2.05) is 27.7 Å². The van der Waals surface area contributed by atoms with Gasteiger partial charge in [0.1, 0.15) is 21.3 Å². The molecule has 1 N–H and O–H groups in total. The molecule has 1 atom stereocenters. The van der Waals surface area contributed by atoms with Crippen LogP contribution in [-0.2, 0) is 4.74 Å². The van der Waals surface area contributed by atoms with Crippen LogP contribution >= 0.6 is 11.3 Å². The van der Waals surface area contributed by atoms with Crippen LogP contribution in [0.4, 0.5) is 5.82 Å². The van der Waals surface area contributed by atoms with Gasteiger partial charge in [0.2, 0.25) is 0 Å². The van der Waals surface area contributed by atoms with Crippen LogP contribution in [0.2, 0.25) is 0 Å². The van der Waals surface area contributed by atoms with E-state index in [-0.39, 0.29) is 12.0 Å². The van der Waals surface area contributed by atoms with Gasteiger partial charge in [-0.25, -0.2) is 14.8 Å². The summed E-state index contributed by atoms with van der Waals surface area (Å²) in [6.07, 6.45) is 0. The number of anilines is 1. The number of ether oxygens (including phenoxy) is 1. The molecule has 1 unspecified atom stereocenters. The Morgan fingerprint density at radius 3 is 2.63 bits per heavy atom. The van der Waals surface area contributed by atoms with Gasteiger partial charge < -0.3 is 14.7 Å². The summed E-state index contributed by atoms with van der Waals surface area (Å²) in [5.41, 5.74) is 0.169. The number of aliphatic hydroxyl groups is 1. The van der Waals surface area contributed by atoms with Crippen molar-refractivity contribution in [3.05, 3.63) is 16.3 Å². The zero-order chi connectivity index (χ0) is 19.9. The SMILES string of the molecule is COC(=O)c1sc2nc(C)nc(N3CCN(CC(C)(C)O)CC3C)c2c1C. The zero-order valence-electron chi connectivity index (χ0n) is 16.9. The minimum absolute atomic E-state index is 0.236. The minimum Gasteiger partial charge on any atom is -0.465 e. The highest BCUT2D eigenvalue weighted by Gasteiger charge is 2.30. The number of hydrogen-bond acceptors (Lipinski definition) is 8. The molecule has 1 aliphatic rings. The molecule has 27 heavy (non-hydrogen) atoms. The number of carbonyl (C=O) groups is 1. The summed E-state index contributed by atoms with van der Waals surface area (Å²) in [7, 11) is 1.40. The van der Waals surface area contributed by atoms with Crippen LogP contribution in [0.15, 0.2) is 0 Å². The molecule has 0 amide bonds. The van der Waals surface area contributed by atoms with E-state index in [0.717, 1.165) is 41.2 Å². The van der Waals surface area contributed by atoms with Crippen LogP contribution in [0.5, 0.6) is 0 Å².